The van der Waals surface area contributed by atoms with Gasteiger partial charge in [0, 0.05) is 0 Å². The lowest BCUT2D eigenvalue weighted by atomic mass is 10.3. The molecule has 0 aliphatic rings. The second-order valence-electron chi connectivity index (χ2n) is 2.97. The Morgan fingerprint density at radius 3 is 2.67 bits per heavy atom. The molecule has 0 amide bonds. The van der Waals surface area contributed by atoms with Crippen molar-refractivity contribution in [2.75, 3.05) is 5.43 Å². The van der Waals surface area contributed by atoms with E-state index in [0.29, 0.717) is 5.69 Å². The Balaban J connectivity index is 2.73. The van der Waals surface area contributed by atoms with Crippen LogP contribution >= 0.6 is 34.8 Å². The topological polar surface area (TPSA) is 61.7 Å². The number of hydrazone groups is 1. The van der Waals surface area contributed by atoms with Gasteiger partial charge in [0.1, 0.15) is 10.8 Å². The number of rotatable bonds is 4. The lowest BCUT2D eigenvalue weighted by molar-refractivity contribution is -0.131. The van der Waals surface area contributed by atoms with E-state index in [1.54, 1.807) is 0 Å². The van der Waals surface area contributed by atoms with Gasteiger partial charge in [-0.05, 0) is 18.2 Å². The first-order valence-electron chi connectivity index (χ1n) is 4.44. The second kappa shape index (κ2) is 6.58. The van der Waals surface area contributed by atoms with Crippen LogP contribution in [0.25, 0.3) is 0 Å². The fourth-order valence-corrected chi connectivity index (χ4v) is 1.25. The number of aliphatic carboxylic acids is 1. The van der Waals surface area contributed by atoms with Gasteiger partial charge in [0.25, 0.3) is 0 Å². The molecule has 0 saturated heterocycles. The molecule has 1 aromatic rings. The van der Waals surface area contributed by atoms with Gasteiger partial charge in [0.05, 0.1) is 22.0 Å². The predicted molar refractivity (Wildman–Crippen MR) is 69.9 cm³/mol. The highest BCUT2D eigenvalue weighted by molar-refractivity contribution is 6.51. The average molecular weight is 312 g/mol. The molecule has 0 bridgehead atoms. The highest BCUT2D eigenvalue weighted by atomic mass is 35.5. The third-order valence-corrected chi connectivity index (χ3v) is 2.73. The zero-order valence-corrected chi connectivity index (χ0v) is 10.9. The lowest BCUT2D eigenvalue weighted by Crippen LogP contribution is -1.98. The van der Waals surface area contributed by atoms with Gasteiger partial charge in [-0.3, -0.25) is 5.43 Å². The van der Waals surface area contributed by atoms with Gasteiger partial charge in [-0.1, -0.05) is 34.8 Å². The van der Waals surface area contributed by atoms with Crippen molar-refractivity contribution in [2.24, 2.45) is 5.10 Å². The van der Waals surface area contributed by atoms with E-state index in [0.717, 1.165) is 12.3 Å². The second-order valence-corrected chi connectivity index (χ2v) is 4.16. The number of nitrogens with zero attached hydrogens (tertiary/aromatic N) is 1. The quantitative estimate of drug-likeness (QED) is 0.507. The number of halogens is 4. The predicted octanol–water partition coefficient (Wildman–Crippen LogP) is 3.65. The van der Waals surface area contributed by atoms with Crippen LogP contribution in [0, 0.1) is 5.82 Å². The van der Waals surface area contributed by atoms with Gasteiger partial charge in [0.2, 0.25) is 0 Å². The van der Waals surface area contributed by atoms with Gasteiger partial charge >= 0.3 is 5.97 Å². The van der Waals surface area contributed by atoms with Crippen LogP contribution in [0.1, 0.15) is 0 Å². The summed E-state index contributed by atoms with van der Waals surface area (Å²) in [6, 6.07) is 3.86. The van der Waals surface area contributed by atoms with Crippen molar-refractivity contribution in [3.05, 3.63) is 39.1 Å². The van der Waals surface area contributed by atoms with E-state index in [2.05, 4.69) is 10.5 Å². The molecule has 0 aromatic heterocycles. The first kappa shape index (κ1) is 14.8. The zero-order chi connectivity index (χ0) is 13.7. The fraction of sp³-hybridized carbons (Fsp3) is 0. The van der Waals surface area contributed by atoms with E-state index in [1.165, 1.54) is 12.1 Å². The van der Waals surface area contributed by atoms with Crippen molar-refractivity contribution in [1.29, 1.82) is 0 Å². The van der Waals surface area contributed by atoms with Gasteiger partial charge in [0.15, 0.2) is 0 Å². The van der Waals surface area contributed by atoms with Gasteiger partial charge in [-0.25, -0.2) is 9.18 Å². The maximum Gasteiger partial charge on any atom is 0.348 e. The van der Waals surface area contributed by atoms with Gasteiger partial charge in [-0.2, -0.15) is 5.10 Å². The highest BCUT2D eigenvalue weighted by Gasteiger charge is 2.07. The number of carboxylic acid groups (broad SMARTS) is 1. The van der Waals surface area contributed by atoms with Crippen molar-refractivity contribution in [1.82, 2.24) is 0 Å². The molecule has 4 nitrogen and oxygen atoms in total. The lowest BCUT2D eigenvalue weighted by Gasteiger charge is -2.01. The normalized spacial score (nSPS) is 12.4. The van der Waals surface area contributed by atoms with E-state index in [9.17, 15) is 9.18 Å². The summed E-state index contributed by atoms with van der Waals surface area (Å²) in [6.45, 7) is 0. The monoisotopic (exact) mass is 310 g/mol. The van der Waals surface area contributed by atoms with E-state index in [1.807, 2.05) is 0 Å². The summed E-state index contributed by atoms with van der Waals surface area (Å²) in [5.74, 6) is -1.92. The molecular weight excluding hydrogens is 305 g/mol. The molecule has 1 aromatic carbocycles. The molecule has 0 spiro atoms. The van der Waals surface area contributed by atoms with Crippen LogP contribution in [0.4, 0.5) is 10.1 Å². The molecule has 0 saturated carbocycles. The summed E-state index contributed by atoms with van der Waals surface area (Å²) >= 11 is 16.4. The average Bonchev–Trinajstić information content (AvgIpc) is 2.32. The van der Waals surface area contributed by atoms with E-state index in [4.69, 9.17) is 39.9 Å². The third kappa shape index (κ3) is 4.18. The molecular formula is C10H6Cl3FN2O2. The standard InChI is InChI=1S/C10H6Cl3FN2O2/c11-6-3-5(1-2-8(6)14)16-15-4-7(12)9(13)10(17)18/h1-4,16H,(H,17,18)/b9-7+,15-4-. The van der Waals surface area contributed by atoms with E-state index in [-0.39, 0.29) is 10.1 Å². The summed E-state index contributed by atoms with van der Waals surface area (Å²) < 4.78 is 12.8. The number of hydrogen-bond acceptors (Lipinski definition) is 3. The van der Waals surface area contributed by atoms with Gasteiger partial charge in [-0.15, -0.1) is 0 Å². The minimum absolute atomic E-state index is 0.0691. The van der Waals surface area contributed by atoms with Crippen LogP contribution in [0.2, 0.25) is 5.02 Å². The van der Waals surface area contributed by atoms with Crippen LogP contribution in [0.3, 0.4) is 0 Å². The number of benzene rings is 1. The van der Waals surface area contributed by atoms with Crippen LogP contribution in [-0.4, -0.2) is 17.3 Å². The molecule has 18 heavy (non-hydrogen) atoms. The number of nitrogens with one attached hydrogen (secondary N) is 1. The Labute approximate surface area is 117 Å². The molecule has 0 aliphatic heterocycles. The molecule has 8 heteroatoms. The summed E-state index contributed by atoms with van der Waals surface area (Å²) in [6.07, 6.45) is 1.01. The summed E-state index contributed by atoms with van der Waals surface area (Å²) in [5.41, 5.74) is 2.90. The summed E-state index contributed by atoms with van der Waals surface area (Å²) in [5, 5.41) is 11.3. The highest BCUT2D eigenvalue weighted by Crippen LogP contribution is 2.19. The molecule has 2 N–H and O–H groups in total. The Morgan fingerprint density at radius 2 is 2.11 bits per heavy atom. The van der Waals surface area contributed by atoms with Crippen LogP contribution in [0.15, 0.2) is 33.4 Å². The largest absolute Gasteiger partial charge is 0.477 e. The maximum absolute atomic E-state index is 12.8. The fourth-order valence-electron chi connectivity index (χ4n) is 0.888. The molecule has 96 valence electrons. The van der Waals surface area contributed by atoms with E-state index < -0.39 is 16.8 Å². The number of carbonyl (C=O) groups is 1. The number of hydrogen-bond donors (Lipinski definition) is 2. The molecule has 1 rings (SSSR count). The number of anilines is 1. The molecule has 0 atom stereocenters. The first-order valence-corrected chi connectivity index (χ1v) is 5.58. The van der Waals surface area contributed by atoms with Crippen LogP contribution in [-0.2, 0) is 4.79 Å². The molecule has 0 fully saturated rings. The van der Waals surface area contributed by atoms with Crippen molar-refractivity contribution < 1.29 is 14.3 Å². The first-order chi connectivity index (χ1) is 8.41. The van der Waals surface area contributed by atoms with Crippen molar-refractivity contribution in [2.45, 2.75) is 0 Å². The molecule has 0 heterocycles. The van der Waals surface area contributed by atoms with Gasteiger partial charge < -0.3 is 5.11 Å². The Hall–Kier alpha value is -1.30. The maximum atomic E-state index is 12.8. The minimum Gasteiger partial charge on any atom is -0.477 e. The van der Waals surface area contributed by atoms with Crippen LogP contribution in [0.5, 0.6) is 0 Å². The molecule has 0 unspecified atom stereocenters. The van der Waals surface area contributed by atoms with Crippen LogP contribution < -0.4 is 5.43 Å². The smallest absolute Gasteiger partial charge is 0.348 e. The van der Waals surface area contributed by atoms with Crippen molar-refractivity contribution in [3.8, 4) is 0 Å². The SMILES string of the molecule is O=C(O)/C(Cl)=C(Cl)/C=N\Nc1ccc(F)c(Cl)c1. The van der Waals surface area contributed by atoms with E-state index >= 15 is 0 Å². The number of carboxylic acids is 1. The minimum atomic E-state index is -1.36. The number of allylic oxidation sites excluding steroid dienone is 1. The Morgan fingerprint density at radius 1 is 1.44 bits per heavy atom. The Bertz CT molecular complexity index is 532. The molecule has 0 aliphatic carbocycles. The Kier molecular flexibility index (Phi) is 5.40. The zero-order valence-electron chi connectivity index (χ0n) is 8.62. The summed E-state index contributed by atoms with van der Waals surface area (Å²) in [4.78, 5) is 10.4. The summed E-state index contributed by atoms with van der Waals surface area (Å²) in [7, 11) is 0. The van der Waals surface area contributed by atoms with Crippen molar-refractivity contribution in [3.63, 3.8) is 0 Å². The third-order valence-electron chi connectivity index (χ3n) is 1.69. The van der Waals surface area contributed by atoms with Crippen molar-refractivity contribution >= 4 is 52.7 Å². The molecule has 0 radical (unpaired) electrons.